The second-order valence-corrected chi connectivity index (χ2v) is 7.17. The summed E-state index contributed by atoms with van der Waals surface area (Å²) < 4.78 is 3.66. The topological polar surface area (TPSA) is 74.3 Å². The number of rotatable bonds is 5. The fraction of sp³-hybridized carbons (Fsp3) is 0.0625. The summed E-state index contributed by atoms with van der Waals surface area (Å²) in [5.41, 5.74) is 1.95. The maximum atomic E-state index is 4.29. The zero-order valence-corrected chi connectivity index (χ0v) is 14.9. The Morgan fingerprint density at radius 1 is 0.760 bits per heavy atom. The van der Waals surface area contributed by atoms with Crippen LogP contribution < -0.4 is 0 Å². The van der Waals surface area contributed by atoms with Crippen LogP contribution in [0.4, 0.5) is 0 Å². The lowest BCUT2D eigenvalue weighted by atomic mass is 10.2. The molecule has 0 bridgehead atoms. The summed E-state index contributed by atoms with van der Waals surface area (Å²) in [6.45, 7) is 0. The molecule has 0 aliphatic carbocycles. The van der Waals surface area contributed by atoms with E-state index in [1.807, 2.05) is 72.3 Å². The maximum absolute atomic E-state index is 4.29. The number of hydrogen-bond acceptors (Lipinski definition) is 7. The van der Waals surface area contributed by atoms with Crippen LogP contribution in [0.2, 0.25) is 0 Å². The van der Waals surface area contributed by atoms with Crippen LogP contribution in [0.25, 0.3) is 17.1 Å². The molecule has 9 heteroatoms. The van der Waals surface area contributed by atoms with Gasteiger partial charge in [-0.05, 0) is 44.1 Å². The highest BCUT2D eigenvalue weighted by atomic mass is 33.1. The molecule has 0 atom stereocenters. The lowest BCUT2D eigenvalue weighted by molar-refractivity contribution is 0.757. The zero-order valence-electron chi connectivity index (χ0n) is 13.2. The first-order valence-corrected chi connectivity index (χ1v) is 9.61. The van der Waals surface area contributed by atoms with Gasteiger partial charge < -0.3 is 4.57 Å². The van der Waals surface area contributed by atoms with E-state index in [1.54, 1.807) is 4.68 Å². The summed E-state index contributed by atoms with van der Waals surface area (Å²) in [6.07, 6.45) is 0. The second-order valence-electron chi connectivity index (χ2n) is 5.11. The molecule has 0 aliphatic rings. The number of hydrogen-bond donors (Lipinski definition) is 0. The van der Waals surface area contributed by atoms with Crippen molar-refractivity contribution in [2.24, 2.45) is 7.05 Å². The Bertz CT molecular complexity index is 967. The highest BCUT2D eigenvalue weighted by molar-refractivity contribution is 8.76. The minimum Gasteiger partial charge on any atom is -0.304 e. The highest BCUT2D eigenvalue weighted by Gasteiger charge is 2.15. The van der Waals surface area contributed by atoms with Gasteiger partial charge in [-0.15, -0.1) is 15.3 Å². The van der Waals surface area contributed by atoms with E-state index in [1.165, 1.54) is 21.6 Å². The van der Waals surface area contributed by atoms with Crippen LogP contribution in [0.3, 0.4) is 0 Å². The van der Waals surface area contributed by atoms with Crippen molar-refractivity contribution in [3.8, 4) is 17.1 Å². The molecule has 0 aliphatic heterocycles. The third kappa shape index (κ3) is 3.28. The van der Waals surface area contributed by atoms with Gasteiger partial charge in [0.1, 0.15) is 0 Å². The molecular formula is C16H13N7S2. The van der Waals surface area contributed by atoms with Crippen LogP contribution in [-0.4, -0.2) is 35.0 Å². The average molecular weight is 367 g/mol. The fourth-order valence-electron chi connectivity index (χ4n) is 2.26. The Morgan fingerprint density at radius 2 is 1.44 bits per heavy atom. The number of benzene rings is 2. The standard InChI is InChI=1S/C16H13N7S2/c1-22-14(12-8-4-2-5-9-12)17-18-15(22)24-25-16-19-20-21-23(16)13-10-6-3-7-11-13/h2-11H,1H3. The molecule has 2 heterocycles. The van der Waals surface area contributed by atoms with E-state index in [0.29, 0.717) is 5.16 Å². The summed E-state index contributed by atoms with van der Waals surface area (Å²) in [6, 6.07) is 19.8. The van der Waals surface area contributed by atoms with E-state index in [4.69, 9.17) is 0 Å². The Balaban J connectivity index is 1.54. The van der Waals surface area contributed by atoms with Crippen LogP contribution in [0.1, 0.15) is 0 Å². The van der Waals surface area contributed by atoms with E-state index in [2.05, 4.69) is 25.7 Å². The average Bonchev–Trinajstić information content (AvgIpc) is 3.28. The largest absolute Gasteiger partial charge is 0.304 e. The smallest absolute Gasteiger partial charge is 0.225 e. The van der Waals surface area contributed by atoms with Crippen LogP contribution in [0, 0.1) is 0 Å². The second kappa shape index (κ2) is 7.08. The van der Waals surface area contributed by atoms with Crippen molar-refractivity contribution in [3.63, 3.8) is 0 Å². The molecule has 0 N–H and O–H groups in total. The molecule has 124 valence electrons. The van der Waals surface area contributed by atoms with Crippen molar-refractivity contribution >= 4 is 21.6 Å². The SMILES string of the molecule is Cn1c(SSc2nnnn2-c2ccccc2)nnc1-c1ccccc1. The number of aromatic nitrogens is 7. The first-order chi connectivity index (χ1) is 12.3. The van der Waals surface area contributed by atoms with Gasteiger partial charge in [0.15, 0.2) is 5.82 Å². The molecule has 0 fully saturated rings. The molecule has 2 aromatic heterocycles. The predicted octanol–water partition coefficient (Wildman–Crippen LogP) is 3.26. The number of para-hydroxylation sites is 1. The van der Waals surface area contributed by atoms with Gasteiger partial charge in [0.25, 0.3) is 0 Å². The van der Waals surface area contributed by atoms with Crippen molar-refractivity contribution < 1.29 is 0 Å². The van der Waals surface area contributed by atoms with Crippen LogP contribution in [0.5, 0.6) is 0 Å². The highest BCUT2D eigenvalue weighted by Crippen LogP contribution is 2.36. The Hall–Kier alpha value is -2.65. The van der Waals surface area contributed by atoms with Crippen molar-refractivity contribution in [2.75, 3.05) is 0 Å². The number of nitrogens with zero attached hydrogens (tertiary/aromatic N) is 7. The monoisotopic (exact) mass is 367 g/mol. The van der Waals surface area contributed by atoms with Crippen molar-refractivity contribution in [2.45, 2.75) is 10.3 Å². The molecule has 4 aromatic rings. The van der Waals surface area contributed by atoms with Gasteiger partial charge in [0.2, 0.25) is 10.3 Å². The van der Waals surface area contributed by atoms with Crippen LogP contribution in [0.15, 0.2) is 71.0 Å². The molecule has 0 unspecified atom stereocenters. The summed E-state index contributed by atoms with van der Waals surface area (Å²) in [4.78, 5) is 0. The Morgan fingerprint density at radius 3 is 2.20 bits per heavy atom. The Kier molecular flexibility index (Phi) is 4.49. The summed E-state index contributed by atoms with van der Waals surface area (Å²) in [5.74, 6) is 0.825. The molecule has 25 heavy (non-hydrogen) atoms. The molecule has 0 saturated heterocycles. The molecule has 0 amide bonds. The lowest BCUT2D eigenvalue weighted by Crippen LogP contribution is -1.98. The number of tetrazole rings is 1. The minimum absolute atomic E-state index is 0.681. The molecular weight excluding hydrogens is 354 g/mol. The lowest BCUT2D eigenvalue weighted by Gasteiger charge is -2.04. The molecule has 0 spiro atoms. The summed E-state index contributed by atoms with van der Waals surface area (Å²) in [5, 5.41) is 21.9. The fourth-order valence-corrected chi connectivity index (χ4v) is 4.16. The summed E-state index contributed by atoms with van der Waals surface area (Å²) >= 11 is 0. The van der Waals surface area contributed by atoms with E-state index >= 15 is 0 Å². The quantitative estimate of drug-likeness (QED) is 0.501. The molecule has 0 radical (unpaired) electrons. The first kappa shape index (κ1) is 15.9. The van der Waals surface area contributed by atoms with Gasteiger partial charge in [-0.1, -0.05) is 48.5 Å². The van der Waals surface area contributed by atoms with E-state index in [-0.39, 0.29) is 0 Å². The third-order valence-corrected chi connectivity index (χ3v) is 5.64. The zero-order chi connectivity index (χ0) is 17.1. The van der Waals surface area contributed by atoms with Gasteiger partial charge in [0, 0.05) is 12.6 Å². The maximum Gasteiger partial charge on any atom is 0.225 e. The minimum atomic E-state index is 0.681. The van der Waals surface area contributed by atoms with Gasteiger partial charge >= 0.3 is 0 Å². The Labute approximate surface area is 151 Å². The van der Waals surface area contributed by atoms with E-state index < -0.39 is 0 Å². The van der Waals surface area contributed by atoms with Crippen molar-refractivity contribution in [1.82, 2.24) is 35.0 Å². The molecule has 0 saturated carbocycles. The van der Waals surface area contributed by atoms with Gasteiger partial charge in [-0.2, -0.15) is 4.68 Å². The van der Waals surface area contributed by atoms with Crippen LogP contribution in [-0.2, 0) is 7.05 Å². The van der Waals surface area contributed by atoms with E-state index in [9.17, 15) is 0 Å². The molecule has 4 rings (SSSR count). The van der Waals surface area contributed by atoms with Crippen molar-refractivity contribution in [3.05, 3.63) is 60.7 Å². The van der Waals surface area contributed by atoms with Crippen molar-refractivity contribution in [1.29, 1.82) is 0 Å². The van der Waals surface area contributed by atoms with Gasteiger partial charge in [0.05, 0.1) is 5.69 Å². The van der Waals surface area contributed by atoms with Gasteiger partial charge in [-0.3, -0.25) is 0 Å². The van der Waals surface area contributed by atoms with E-state index in [0.717, 1.165) is 22.2 Å². The molecule has 2 aromatic carbocycles. The van der Waals surface area contributed by atoms with Gasteiger partial charge in [-0.25, -0.2) is 0 Å². The third-order valence-electron chi connectivity index (χ3n) is 3.50. The first-order valence-electron chi connectivity index (χ1n) is 7.46. The normalized spacial score (nSPS) is 10.9. The predicted molar refractivity (Wildman–Crippen MR) is 97.3 cm³/mol. The summed E-state index contributed by atoms with van der Waals surface area (Å²) in [7, 11) is 4.87. The molecule has 7 nitrogen and oxygen atoms in total. The van der Waals surface area contributed by atoms with Crippen LogP contribution >= 0.6 is 21.6 Å².